The van der Waals surface area contributed by atoms with Crippen molar-refractivity contribution >= 4 is 17.3 Å². The van der Waals surface area contributed by atoms with Crippen LogP contribution in [0.3, 0.4) is 0 Å². The van der Waals surface area contributed by atoms with Crippen LogP contribution in [0.1, 0.15) is 44.9 Å². The Morgan fingerprint density at radius 2 is 2.04 bits per heavy atom. The Hall–Kier alpha value is -2.11. The van der Waals surface area contributed by atoms with Crippen LogP contribution in [-0.4, -0.2) is 21.6 Å². The van der Waals surface area contributed by atoms with Crippen LogP contribution >= 0.6 is 0 Å². The second kappa shape index (κ2) is 5.83. The van der Waals surface area contributed by atoms with Crippen molar-refractivity contribution in [1.29, 1.82) is 0 Å². The number of fused-ring (bicyclic) bond motifs is 2. The molecule has 23 heavy (non-hydrogen) atoms. The van der Waals surface area contributed by atoms with Crippen LogP contribution in [0, 0.1) is 11.8 Å². The highest BCUT2D eigenvalue weighted by Gasteiger charge is 2.36. The van der Waals surface area contributed by atoms with E-state index in [1.807, 2.05) is 0 Å². The van der Waals surface area contributed by atoms with Gasteiger partial charge in [-0.05, 0) is 36.8 Å². The molecule has 0 radical (unpaired) electrons. The Bertz CT molecular complexity index is 777. The molecule has 1 amide bonds. The largest absolute Gasteiger partial charge is 0.429 e. The van der Waals surface area contributed by atoms with Gasteiger partial charge in [0.05, 0.1) is 0 Å². The highest BCUT2D eigenvalue weighted by molar-refractivity contribution is 5.85. The molecular formula is C17H21N3O3. The van der Waals surface area contributed by atoms with Crippen molar-refractivity contribution < 1.29 is 9.21 Å². The summed E-state index contributed by atoms with van der Waals surface area (Å²) in [4.78, 5) is 28.7. The van der Waals surface area contributed by atoms with Crippen molar-refractivity contribution in [3.05, 3.63) is 28.9 Å². The number of nitrogens with one attached hydrogen (secondary N) is 1. The first-order valence-electron chi connectivity index (χ1n) is 8.51. The molecule has 3 atom stereocenters. The molecule has 3 unspecified atom stereocenters. The number of hydrogen-bond donors (Lipinski definition) is 1. The maximum Gasteiger partial charge on any atom is 0.429 e. The van der Waals surface area contributed by atoms with E-state index in [0.29, 0.717) is 11.5 Å². The molecule has 6 heteroatoms. The molecule has 122 valence electrons. The topological polar surface area (TPSA) is 77.1 Å². The Kier molecular flexibility index (Phi) is 3.67. The zero-order valence-electron chi connectivity index (χ0n) is 13.0. The van der Waals surface area contributed by atoms with Gasteiger partial charge in [0.25, 0.3) is 0 Å². The fraction of sp³-hybridized carbons (Fsp3) is 0.588. The lowest BCUT2D eigenvalue weighted by molar-refractivity contribution is 0.128. The fourth-order valence-electron chi connectivity index (χ4n) is 4.38. The molecule has 0 bridgehead atoms. The van der Waals surface area contributed by atoms with Gasteiger partial charge in [-0.2, -0.15) is 4.57 Å². The van der Waals surface area contributed by atoms with Crippen LogP contribution in [0.25, 0.3) is 11.2 Å². The van der Waals surface area contributed by atoms with Crippen LogP contribution < -0.4 is 11.1 Å². The monoisotopic (exact) mass is 315 g/mol. The SMILES string of the molecule is O=C(NC1CCCC2CCCCC21)n1c(=O)oc2cccnc21. The van der Waals surface area contributed by atoms with Crippen molar-refractivity contribution in [1.82, 2.24) is 14.9 Å². The molecular weight excluding hydrogens is 294 g/mol. The van der Waals surface area contributed by atoms with Gasteiger partial charge < -0.3 is 9.73 Å². The number of aromatic nitrogens is 2. The zero-order valence-corrected chi connectivity index (χ0v) is 13.0. The molecule has 2 aromatic rings. The third kappa shape index (κ3) is 2.56. The molecule has 0 aromatic carbocycles. The smallest absolute Gasteiger partial charge is 0.406 e. The maximum absolute atomic E-state index is 12.6. The summed E-state index contributed by atoms with van der Waals surface area (Å²) in [6.07, 6.45) is 9.95. The third-order valence-electron chi connectivity index (χ3n) is 5.43. The number of oxazole rings is 1. The number of pyridine rings is 1. The molecule has 2 aliphatic rings. The minimum absolute atomic E-state index is 0.155. The minimum Gasteiger partial charge on any atom is -0.406 e. The Morgan fingerprint density at radius 3 is 2.96 bits per heavy atom. The molecule has 2 fully saturated rings. The molecule has 0 spiro atoms. The lowest BCUT2D eigenvalue weighted by Gasteiger charge is -2.41. The maximum atomic E-state index is 12.6. The van der Waals surface area contributed by atoms with E-state index in [4.69, 9.17) is 4.42 Å². The van der Waals surface area contributed by atoms with Crippen LogP contribution in [0.5, 0.6) is 0 Å². The second-order valence-electron chi connectivity index (χ2n) is 6.72. The Morgan fingerprint density at radius 1 is 1.22 bits per heavy atom. The summed E-state index contributed by atoms with van der Waals surface area (Å²) in [5, 5.41) is 3.08. The number of carbonyl (C=O) groups excluding carboxylic acids is 1. The summed E-state index contributed by atoms with van der Waals surface area (Å²) < 4.78 is 6.12. The highest BCUT2D eigenvalue weighted by atomic mass is 16.4. The standard InChI is InChI=1S/C17H21N3O3/c21-16(20-15-14(23-17(20)22)9-4-10-18-15)19-13-8-3-6-11-5-1-2-7-12(11)13/h4,9-13H,1-3,5-8H2,(H,19,21). The summed E-state index contributed by atoms with van der Waals surface area (Å²) in [6, 6.07) is 3.07. The second-order valence-corrected chi connectivity index (χ2v) is 6.72. The van der Waals surface area contributed by atoms with Gasteiger partial charge in [0.1, 0.15) is 0 Å². The lowest BCUT2D eigenvalue weighted by atomic mass is 9.68. The Balaban J connectivity index is 1.59. The van der Waals surface area contributed by atoms with Crippen molar-refractivity contribution in [2.24, 2.45) is 11.8 Å². The number of amides is 1. The number of rotatable bonds is 1. The summed E-state index contributed by atoms with van der Waals surface area (Å²) in [7, 11) is 0. The average Bonchev–Trinajstić information content (AvgIpc) is 2.91. The first kappa shape index (κ1) is 14.5. The van der Waals surface area contributed by atoms with Gasteiger partial charge in [0.15, 0.2) is 11.2 Å². The molecule has 0 aliphatic heterocycles. The molecule has 2 aliphatic carbocycles. The minimum atomic E-state index is -0.674. The van der Waals surface area contributed by atoms with Gasteiger partial charge in [0.2, 0.25) is 0 Å². The Labute approximate surface area is 133 Å². The molecule has 1 N–H and O–H groups in total. The van der Waals surface area contributed by atoms with E-state index >= 15 is 0 Å². The molecule has 4 rings (SSSR count). The summed E-state index contributed by atoms with van der Waals surface area (Å²) in [5.41, 5.74) is 0.623. The third-order valence-corrected chi connectivity index (χ3v) is 5.43. The quantitative estimate of drug-likeness (QED) is 0.878. The van der Waals surface area contributed by atoms with Gasteiger partial charge in [-0.25, -0.2) is 14.6 Å². The van der Waals surface area contributed by atoms with E-state index in [2.05, 4.69) is 10.3 Å². The van der Waals surface area contributed by atoms with Crippen molar-refractivity contribution in [2.75, 3.05) is 0 Å². The van der Waals surface area contributed by atoms with Gasteiger partial charge >= 0.3 is 11.8 Å². The average molecular weight is 315 g/mol. The van der Waals surface area contributed by atoms with Crippen molar-refractivity contribution in [3.63, 3.8) is 0 Å². The van der Waals surface area contributed by atoms with Crippen LogP contribution in [0.15, 0.2) is 27.5 Å². The number of hydrogen-bond acceptors (Lipinski definition) is 4. The predicted molar refractivity (Wildman–Crippen MR) is 85.3 cm³/mol. The summed E-state index contributed by atoms with van der Waals surface area (Å²) >= 11 is 0. The van der Waals surface area contributed by atoms with E-state index in [1.165, 1.54) is 32.1 Å². The fourth-order valence-corrected chi connectivity index (χ4v) is 4.38. The molecule has 6 nitrogen and oxygen atoms in total. The number of carbonyl (C=O) groups is 1. The van der Waals surface area contributed by atoms with Gasteiger partial charge in [0, 0.05) is 12.2 Å². The lowest BCUT2D eigenvalue weighted by Crippen LogP contribution is -2.48. The van der Waals surface area contributed by atoms with Crippen molar-refractivity contribution in [3.8, 4) is 0 Å². The summed E-state index contributed by atoms with van der Waals surface area (Å²) in [6.45, 7) is 0. The predicted octanol–water partition coefficient (Wildman–Crippen LogP) is 2.91. The van der Waals surface area contributed by atoms with E-state index in [0.717, 1.165) is 23.3 Å². The zero-order chi connectivity index (χ0) is 15.8. The van der Waals surface area contributed by atoms with Crippen LogP contribution in [0.4, 0.5) is 4.79 Å². The van der Waals surface area contributed by atoms with Crippen LogP contribution in [-0.2, 0) is 0 Å². The van der Waals surface area contributed by atoms with E-state index in [-0.39, 0.29) is 11.7 Å². The highest BCUT2D eigenvalue weighted by Crippen LogP contribution is 2.40. The van der Waals surface area contributed by atoms with E-state index in [1.54, 1.807) is 18.3 Å². The van der Waals surface area contributed by atoms with Crippen molar-refractivity contribution in [2.45, 2.75) is 51.0 Å². The first-order valence-corrected chi connectivity index (χ1v) is 8.51. The summed E-state index contributed by atoms with van der Waals surface area (Å²) in [5.74, 6) is 0.592. The first-order chi connectivity index (χ1) is 11.2. The van der Waals surface area contributed by atoms with E-state index < -0.39 is 11.8 Å². The van der Waals surface area contributed by atoms with Crippen LogP contribution in [0.2, 0.25) is 0 Å². The molecule has 2 aromatic heterocycles. The van der Waals surface area contributed by atoms with Gasteiger partial charge in [-0.1, -0.05) is 32.1 Å². The molecule has 0 saturated heterocycles. The van der Waals surface area contributed by atoms with Gasteiger partial charge in [-0.3, -0.25) is 0 Å². The normalized spacial score (nSPS) is 27.6. The van der Waals surface area contributed by atoms with E-state index in [9.17, 15) is 9.59 Å². The molecule has 2 saturated carbocycles. The molecule has 2 heterocycles. The van der Waals surface area contributed by atoms with Gasteiger partial charge in [-0.15, -0.1) is 0 Å². The number of nitrogens with zero attached hydrogens (tertiary/aromatic N) is 2.